The summed E-state index contributed by atoms with van der Waals surface area (Å²) >= 11 is 3.50. The van der Waals surface area contributed by atoms with E-state index >= 15 is 0 Å². The Morgan fingerprint density at radius 3 is 2.48 bits per heavy atom. The third-order valence-electron chi connectivity index (χ3n) is 5.44. The number of carbonyl (C=O) groups excluding carboxylic acids is 1. The Labute approximate surface area is 157 Å². The second-order valence-electron chi connectivity index (χ2n) is 6.93. The van der Waals surface area contributed by atoms with E-state index in [1.807, 2.05) is 29.2 Å². The molecule has 0 aliphatic carbocycles. The Morgan fingerprint density at radius 2 is 1.68 bits per heavy atom. The molecule has 0 unspecified atom stereocenters. The molecule has 1 fully saturated rings. The molecule has 1 amide bonds. The summed E-state index contributed by atoms with van der Waals surface area (Å²) in [6.45, 7) is 2.81. The highest BCUT2D eigenvalue weighted by molar-refractivity contribution is 9.10. The number of rotatable bonds is 2. The van der Waals surface area contributed by atoms with E-state index in [9.17, 15) is 4.79 Å². The van der Waals surface area contributed by atoms with Gasteiger partial charge in [0.05, 0.1) is 5.56 Å². The average Bonchev–Trinajstić information content (AvgIpc) is 2.67. The van der Waals surface area contributed by atoms with Crippen molar-refractivity contribution in [1.29, 1.82) is 0 Å². The minimum Gasteiger partial charge on any atom is -0.368 e. The average molecular weight is 399 g/mol. The van der Waals surface area contributed by atoms with Crippen LogP contribution in [0.25, 0.3) is 0 Å². The lowest BCUT2D eigenvalue weighted by Crippen LogP contribution is -2.48. The lowest BCUT2D eigenvalue weighted by Gasteiger charge is -2.42. The number of amides is 1. The largest absolute Gasteiger partial charge is 0.368 e. The Kier molecular flexibility index (Phi) is 4.80. The van der Waals surface area contributed by atoms with Crippen molar-refractivity contribution in [3.63, 3.8) is 0 Å². The second-order valence-corrected chi connectivity index (χ2v) is 7.78. The quantitative estimate of drug-likeness (QED) is 0.742. The van der Waals surface area contributed by atoms with E-state index in [-0.39, 0.29) is 5.91 Å². The first-order valence-corrected chi connectivity index (χ1v) is 9.91. The van der Waals surface area contributed by atoms with Crippen molar-refractivity contribution in [1.82, 2.24) is 4.90 Å². The molecule has 2 aromatic carbocycles. The van der Waals surface area contributed by atoms with Gasteiger partial charge < -0.3 is 9.80 Å². The minimum atomic E-state index is 0.143. The van der Waals surface area contributed by atoms with Crippen LogP contribution in [0.5, 0.6) is 0 Å². The van der Waals surface area contributed by atoms with E-state index in [1.54, 1.807) is 0 Å². The van der Waals surface area contributed by atoms with Crippen LogP contribution >= 0.6 is 15.9 Å². The van der Waals surface area contributed by atoms with Gasteiger partial charge in [0.15, 0.2) is 0 Å². The van der Waals surface area contributed by atoms with Crippen molar-refractivity contribution in [3.05, 3.63) is 64.1 Å². The summed E-state index contributed by atoms with van der Waals surface area (Å²) < 4.78 is 0.882. The monoisotopic (exact) mass is 398 g/mol. The van der Waals surface area contributed by atoms with Crippen LogP contribution in [0.1, 0.15) is 35.2 Å². The SMILES string of the molecule is O=C(c1ccccc1Br)N1CCC(N2CCCc3ccccc32)CC1. The molecule has 0 atom stereocenters. The van der Waals surface area contributed by atoms with Crippen molar-refractivity contribution < 1.29 is 4.79 Å². The van der Waals surface area contributed by atoms with Gasteiger partial charge in [0.1, 0.15) is 0 Å². The van der Waals surface area contributed by atoms with Gasteiger partial charge in [0.2, 0.25) is 0 Å². The van der Waals surface area contributed by atoms with Crippen molar-refractivity contribution in [3.8, 4) is 0 Å². The van der Waals surface area contributed by atoms with Gasteiger partial charge in [-0.25, -0.2) is 0 Å². The third kappa shape index (κ3) is 3.32. The molecular formula is C21H23BrN2O. The lowest BCUT2D eigenvalue weighted by molar-refractivity contribution is 0.0711. The van der Waals surface area contributed by atoms with Gasteiger partial charge in [-0.15, -0.1) is 0 Å². The predicted molar refractivity (Wildman–Crippen MR) is 105 cm³/mol. The Hall–Kier alpha value is -1.81. The highest BCUT2D eigenvalue weighted by atomic mass is 79.9. The highest BCUT2D eigenvalue weighted by Crippen LogP contribution is 2.32. The summed E-state index contributed by atoms with van der Waals surface area (Å²) in [6, 6.07) is 17.1. The van der Waals surface area contributed by atoms with Crippen LogP contribution in [-0.2, 0) is 6.42 Å². The van der Waals surface area contributed by atoms with Gasteiger partial charge >= 0.3 is 0 Å². The van der Waals surface area contributed by atoms with E-state index in [2.05, 4.69) is 45.1 Å². The summed E-state index contributed by atoms with van der Waals surface area (Å²) in [7, 11) is 0. The molecule has 3 nitrogen and oxygen atoms in total. The van der Waals surface area contributed by atoms with Crippen molar-refractivity contribution >= 4 is 27.5 Å². The standard InChI is InChI=1S/C21H23BrN2O/c22-19-9-3-2-8-18(19)21(25)23-14-11-17(12-15-23)24-13-5-7-16-6-1-4-10-20(16)24/h1-4,6,8-10,17H,5,7,11-15H2. The fourth-order valence-corrected chi connectivity index (χ4v) is 4.58. The fraction of sp³-hybridized carbons (Fsp3) is 0.381. The number of nitrogens with zero attached hydrogens (tertiary/aromatic N) is 2. The maximum atomic E-state index is 12.8. The molecule has 0 radical (unpaired) electrons. The number of anilines is 1. The van der Waals surface area contributed by atoms with Gasteiger partial charge in [-0.3, -0.25) is 4.79 Å². The number of carbonyl (C=O) groups is 1. The summed E-state index contributed by atoms with van der Waals surface area (Å²) in [5, 5.41) is 0. The normalized spacial score (nSPS) is 18.1. The summed E-state index contributed by atoms with van der Waals surface area (Å²) in [4.78, 5) is 17.4. The van der Waals surface area contributed by atoms with Crippen LogP contribution in [-0.4, -0.2) is 36.5 Å². The van der Waals surface area contributed by atoms with Crippen LogP contribution in [0.4, 0.5) is 5.69 Å². The second kappa shape index (κ2) is 7.20. The van der Waals surface area contributed by atoms with Gasteiger partial charge in [-0.2, -0.15) is 0 Å². The number of hydrogen-bond acceptors (Lipinski definition) is 2. The van der Waals surface area contributed by atoms with Crippen LogP contribution in [0.3, 0.4) is 0 Å². The molecule has 0 aromatic heterocycles. The van der Waals surface area contributed by atoms with E-state index in [1.165, 1.54) is 24.1 Å². The molecule has 1 saturated heterocycles. The van der Waals surface area contributed by atoms with Crippen LogP contribution < -0.4 is 4.90 Å². The van der Waals surface area contributed by atoms with Gasteiger partial charge in [-0.1, -0.05) is 30.3 Å². The molecule has 0 spiro atoms. The number of hydrogen-bond donors (Lipinski definition) is 0. The maximum absolute atomic E-state index is 12.8. The molecule has 2 aliphatic rings. The van der Waals surface area contributed by atoms with Crippen molar-refractivity contribution in [2.75, 3.05) is 24.5 Å². The van der Waals surface area contributed by atoms with E-state index in [0.29, 0.717) is 6.04 Å². The molecule has 2 heterocycles. The number of likely N-dealkylation sites (tertiary alicyclic amines) is 1. The van der Waals surface area contributed by atoms with E-state index in [4.69, 9.17) is 0 Å². The van der Waals surface area contributed by atoms with Gasteiger partial charge in [-0.05, 0) is 65.4 Å². The lowest BCUT2D eigenvalue weighted by atomic mass is 9.95. The number of aryl methyl sites for hydroxylation is 1. The molecule has 0 saturated carbocycles. The summed E-state index contributed by atoms with van der Waals surface area (Å²) in [5.74, 6) is 0.143. The first-order valence-electron chi connectivity index (χ1n) is 9.12. The van der Waals surface area contributed by atoms with Crippen molar-refractivity contribution in [2.24, 2.45) is 0 Å². The van der Waals surface area contributed by atoms with Crippen LogP contribution in [0.2, 0.25) is 0 Å². The zero-order chi connectivity index (χ0) is 17.2. The van der Waals surface area contributed by atoms with E-state index < -0.39 is 0 Å². The van der Waals surface area contributed by atoms with Gasteiger partial charge in [0, 0.05) is 35.8 Å². The minimum absolute atomic E-state index is 0.143. The molecule has 2 aliphatic heterocycles. The van der Waals surface area contributed by atoms with Crippen LogP contribution in [0.15, 0.2) is 53.0 Å². The number of halogens is 1. The molecular weight excluding hydrogens is 376 g/mol. The number of piperidine rings is 1. The Balaban J connectivity index is 1.44. The highest BCUT2D eigenvalue weighted by Gasteiger charge is 2.30. The van der Waals surface area contributed by atoms with Crippen LogP contribution in [0, 0.1) is 0 Å². The first-order chi connectivity index (χ1) is 12.2. The zero-order valence-corrected chi connectivity index (χ0v) is 15.9. The fourth-order valence-electron chi connectivity index (χ4n) is 4.13. The Bertz CT molecular complexity index is 768. The first kappa shape index (κ1) is 16.6. The molecule has 25 heavy (non-hydrogen) atoms. The molecule has 4 heteroatoms. The molecule has 0 N–H and O–H groups in total. The summed E-state index contributed by atoms with van der Waals surface area (Å²) in [6.07, 6.45) is 4.51. The number of fused-ring (bicyclic) bond motifs is 1. The molecule has 2 aromatic rings. The zero-order valence-electron chi connectivity index (χ0n) is 14.3. The number of benzene rings is 2. The summed E-state index contributed by atoms with van der Waals surface area (Å²) in [5.41, 5.74) is 3.65. The number of para-hydroxylation sites is 1. The third-order valence-corrected chi connectivity index (χ3v) is 6.13. The molecule has 0 bridgehead atoms. The molecule has 130 valence electrons. The molecule has 4 rings (SSSR count). The topological polar surface area (TPSA) is 23.6 Å². The van der Waals surface area contributed by atoms with E-state index in [0.717, 1.165) is 42.5 Å². The Morgan fingerprint density at radius 1 is 0.960 bits per heavy atom. The van der Waals surface area contributed by atoms with Gasteiger partial charge in [0.25, 0.3) is 5.91 Å². The van der Waals surface area contributed by atoms with Crippen molar-refractivity contribution in [2.45, 2.75) is 31.7 Å². The predicted octanol–water partition coefficient (Wildman–Crippen LogP) is 4.51. The smallest absolute Gasteiger partial charge is 0.254 e. The maximum Gasteiger partial charge on any atom is 0.254 e.